The van der Waals surface area contributed by atoms with E-state index in [2.05, 4.69) is 5.10 Å². The summed E-state index contributed by atoms with van der Waals surface area (Å²) < 4.78 is 0. The second-order valence-electron chi connectivity index (χ2n) is 2.76. The van der Waals surface area contributed by atoms with Crippen molar-refractivity contribution in [1.29, 1.82) is 0 Å². The molecule has 1 amide bonds. The summed E-state index contributed by atoms with van der Waals surface area (Å²) in [5.74, 6) is 0.432. The Morgan fingerprint density at radius 1 is 1.70 bits per heavy atom. The lowest BCUT2D eigenvalue weighted by Gasteiger charge is -2.22. The van der Waals surface area contributed by atoms with E-state index < -0.39 is 0 Å². The minimum Gasteiger partial charge on any atom is -0.273 e. The Hall–Kier alpha value is -0.860. The van der Waals surface area contributed by atoms with Crippen molar-refractivity contribution in [3.63, 3.8) is 0 Å². The minimum atomic E-state index is 0.109. The number of hydrogen-bond acceptors (Lipinski definition) is 2. The van der Waals surface area contributed by atoms with Gasteiger partial charge in [-0.05, 0) is 6.92 Å². The molecule has 0 aromatic rings. The highest BCUT2D eigenvalue weighted by Crippen LogP contribution is 2.12. The zero-order valence-corrected chi connectivity index (χ0v) is 6.59. The van der Waals surface area contributed by atoms with Gasteiger partial charge in [0.1, 0.15) is 0 Å². The quantitative estimate of drug-likeness (QED) is 0.491. The number of carbonyl (C=O) groups excluding carboxylic acids is 1. The Kier molecular flexibility index (Phi) is 1.74. The fourth-order valence-corrected chi connectivity index (χ4v) is 0.933. The zero-order valence-electron chi connectivity index (χ0n) is 6.59. The number of rotatable bonds is 0. The van der Waals surface area contributed by atoms with E-state index in [9.17, 15) is 4.79 Å². The van der Waals surface area contributed by atoms with Gasteiger partial charge in [0.05, 0.1) is 0 Å². The number of hydrogen-bond donors (Lipinski definition) is 0. The van der Waals surface area contributed by atoms with Crippen LogP contribution in [-0.4, -0.2) is 23.7 Å². The normalized spacial score (nSPS) is 26.7. The minimum absolute atomic E-state index is 0.109. The van der Waals surface area contributed by atoms with Gasteiger partial charge in [0.15, 0.2) is 0 Å². The third-order valence-corrected chi connectivity index (χ3v) is 1.86. The van der Waals surface area contributed by atoms with Crippen molar-refractivity contribution < 1.29 is 4.79 Å². The Balaban J connectivity index is 2.79. The van der Waals surface area contributed by atoms with E-state index in [0.29, 0.717) is 12.3 Å². The third kappa shape index (κ3) is 1.17. The van der Waals surface area contributed by atoms with E-state index in [0.717, 1.165) is 5.71 Å². The van der Waals surface area contributed by atoms with E-state index in [1.165, 1.54) is 5.01 Å². The van der Waals surface area contributed by atoms with Crippen molar-refractivity contribution in [2.24, 2.45) is 11.0 Å². The van der Waals surface area contributed by atoms with Crippen molar-refractivity contribution in [3.8, 4) is 0 Å². The molecule has 0 bridgehead atoms. The fraction of sp³-hybridized carbons (Fsp3) is 0.714. The molecule has 1 atom stereocenters. The van der Waals surface area contributed by atoms with Gasteiger partial charge >= 0.3 is 0 Å². The molecular weight excluding hydrogens is 128 g/mol. The molecule has 0 fully saturated rings. The van der Waals surface area contributed by atoms with Gasteiger partial charge in [-0.15, -0.1) is 0 Å². The summed E-state index contributed by atoms with van der Waals surface area (Å²) in [4.78, 5) is 11.0. The summed E-state index contributed by atoms with van der Waals surface area (Å²) in [5, 5.41) is 5.46. The average Bonchev–Trinajstić information content (AvgIpc) is 1.84. The molecule has 1 unspecified atom stereocenters. The lowest BCUT2D eigenvalue weighted by Crippen LogP contribution is -2.31. The molecule has 1 aliphatic heterocycles. The fourth-order valence-electron chi connectivity index (χ4n) is 0.933. The Morgan fingerprint density at radius 3 is 2.80 bits per heavy atom. The molecule has 0 aromatic heterocycles. The predicted molar refractivity (Wildman–Crippen MR) is 39.7 cm³/mol. The molecule has 0 saturated heterocycles. The smallest absolute Gasteiger partial charge is 0.243 e. The molecule has 3 nitrogen and oxygen atoms in total. The monoisotopic (exact) mass is 140 g/mol. The zero-order chi connectivity index (χ0) is 7.72. The van der Waals surface area contributed by atoms with Gasteiger partial charge in [0, 0.05) is 25.1 Å². The highest BCUT2D eigenvalue weighted by molar-refractivity contribution is 5.92. The van der Waals surface area contributed by atoms with Crippen LogP contribution >= 0.6 is 0 Å². The van der Waals surface area contributed by atoms with Crippen LogP contribution in [0.4, 0.5) is 0 Å². The number of amides is 1. The van der Waals surface area contributed by atoms with E-state index in [-0.39, 0.29) is 5.91 Å². The predicted octanol–water partition coefficient (Wildman–Crippen LogP) is 0.861. The van der Waals surface area contributed by atoms with Crippen LogP contribution in [0.25, 0.3) is 0 Å². The van der Waals surface area contributed by atoms with Crippen LogP contribution in [0, 0.1) is 5.92 Å². The van der Waals surface area contributed by atoms with Gasteiger partial charge < -0.3 is 0 Å². The molecule has 1 aliphatic rings. The van der Waals surface area contributed by atoms with Gasteiger partial charge in [-0.1, -0.05) is 6.92 Å². The van der Waals surface area contributed by atoms with E-state index >= 15 is 0 Å². The van der Waals surface area contributed by atoms with Crippen LogP contribution < -0.4 is 0 Å². The first-order valence-corrected chi connectivity index (χ1v) is 3.43. The lowest BCUT2D eigenvalue weighted by atomic mass is 10.0. The van der Waals surface area contributed by atoms with E-state index in [1.807, 2.05) is 13.8 Å². The number of hydrazone groups is 1. The van der Waals surface area contributed by atoms with Gasteiger partial charge in [-0.2, -0.15) is 5.10 Å². The Morgan fingerprint density at radius 2 is 2.30 bits per heavy atom. The maximum Gasteiger partial charge on any atom is 0.243 e. The van der Waals surface area contributed by atoms with Crippen LogP contribution in [0.5, 0.6) is 0 Å². The second kappa shape index (κ2) is 2.40. The molecule has 0 saturated carbocycles. The topological polar surface area (TPSA) is 32.7 Å². The van der Waals surface area contributed by atoms with Crippen molar-refractivity contribution in [3.05, 3.63) is 0 Å². The first-order valence-electron chi connectivity index (χ1n) is 3.43. The Bertz CT molecular complexity index is 186. The van der Waals surface area contributed by atoms with Crippen molar-refractivity contribution >= 4 is 11.6 Å². The van der Waals surface area contributed by atoms with Gasteiger partial charge in [0.2, 0.25) is 5.91 Å². The summed E-state index contributed by atoms with van der Waals surface area (Å²) in [6.45, 7) is 3.97. The van der Waals surface area contributed by atoms with Gasteiger partial charge in [0.25, 0.3) is 0 Å². The molecule has 1 heterocycles. The lowest BCUT2D eigenvalue weighted by molar-refractivity contribution is -0.131. The largest absolute Gasteiger partial charge is 0.273 e. The molecule has 0 radical (unpaired) electrons. The molecule has 0 aliphatic carbocycles. The molecule has 3 heteroatoms. The summed E-state index contributed by atoms with van der Waals surface area (Å²) in [5.41, 5.74) is 1.04. The Labute approximate surface area is 60.7 Å². The van der Waals surface area contributed by atoms with Gasteiger partial charge in [-0.3, -0.25) is 4.79 Å². The maximum atomic E-state index is 11.0. The SMILES string of the molecule is CC1=NN(C)C(=O)CC1C. The van der Waals surface area contributed by atoms with Crippen LogP contribution in [0.1, 0.15) is 20.3 Å². The summed E-state index contributed by atoms with van der Waals surface area (Å²) in [6.07, 6.45) is 0.603. The molecule has 10 heavy (non-hydrogen) atoms. The molecule has 56 valence electrons. The molecule has 0 spiro atoms. The van der Waals surface area contributed by atoms with Crippen LogP contribution in [-0.2, 0) is 4.79 Å². The molecular formula is C7H12N2O. The first kappa shape index (κ1) is 7.25. The van der Waals surface area contributed by atoms with Crippen molar-refractivity contribution in [1.82, 2.24) is 5.01 Å². The molecule has 0 N–H and O–H groups in total. The summed E-state index contributed by atoms with van der Waals surface area (Å²) in [6, 6.07) is 0. The van der Waals surface area contributed by atoms with E-state index in [1.54, 1.807) is 7.05 Å². The second-order valence-corrected chi connectivity index (χ2v) is 2.76. The third-order valence-electron chi connectivity index (χ3n) is 1.86. The van der Waals surface area contributed by atoms with Crippen LogP contribution in [0.3, 0.4) is 0 Å². The summed E-state index contributed by atoms with van der Waals surface area (Å²) >= 11 is 0. The highest BCUT2D eigenvalue weighted by Gasteiger charge is 2.20. The number of carbonyl (C=O) groups is 1. The van der Waals surface area contributed by atoms with Crippen LogP contribution in [0.2, 0.25) is 0 Å². The molecule has 0 aromatic carbocycles. The number of nitrogens with zero attached hydrogens (tertiary/aromatic N) is 2. The van der Waals surface area contributed by atoms with Crippen molar-refractivity contribution in [2.75, 3.05) is 7.05 Å². The summed E-state index contributed by atoms with van der Waals surface area (Å²) in [7, 11) is 1.69. The first-order chi connectivity index (χ1) is 4.61. The molecule has 1 rings (SSSR count). The maximum absolute atomic E-state index is 11.0. The highest BCUT2D eigenvalue weighted by atomic mass is 16.2. The van der Waals surface area contributed by atoms with Gasteiger partial charge in [-0.25, -0.2) is 5.01 Å². The average molecular weight is 140 g/mol. The van der Waals surface area contributed by atoms with E-state index in [4.69, 9.17) is 0 Å². The van der Waals surface area contributed by atoms with Crippen LogP contribution in [0.15, 0.2) is 5.10 Å². The van der Waals surface area contributed by atoms with Crippen molar-refractivity contribution in [2.45, 2.75) is 20.3 Å². The standard InChI is InChI=1S/C7H12N2O/c1-5-4-7(10)9(3)8-6(5)2/h5H,4H2,1-3H3.